The second kappa shape index (κ2) is 7.21. The fraction of sp³-hybridized carbons (Fsp3) is 0.333. The molecular formula is C18H21N3O3. The van der Waals surface area contributed by atoms with Gasteiger partial charge in [-0.05, 0) is 43.5 Å². The zero-order valence-corrected chi connectivity index (χ0v) is 13.7. The van der Waals surface area contributed by atoms with E-state index in [0.29, 0.717) is 23.6 Å². The number of para-hydroxylation sites is 1. The SMILES string of the molecule is Cc1cccc(C(=O)N2CCCC2)c1NC(=O)NCc1ccco1. The van der Waals surface area contributed by atoms with Crippen molar-refractivity contribution in [3.05, 3.63) is 53.5 Å². The number of likely N-dealkylation sites (tertiary alicyclic amines) is 1. The van der Waals surface area contributed by atoms with E-state index in [1.807, 2.05) is 24.0 Å². The molecule has 6 nitrogen and oxygen atoms in total. The van der Waals surface area contributed by atoms with Gasteiger partial charge in [0.25, 0.3) is 5.91 Å². The number of amides is 3. The molecule has 6 heteroatoms. The van der Waals surface area contributed by atoms with Crippen LogP contribution < -0.4 is 10.6 Å². The molecule has 1 aromatic carbocycles. The van der Waals surface area contributed by atoms with E-state index < -0.39 is 0 Å². The number of nitrogens with one attached hydrogen (secondary N) is 2. The second-order valence-corrected chi connectivity index (χ2v) is 5.88. The summed E-state index contributed by atoms with van der Waals surface area (Å²) in [5, 5.41) is 5.53. The van der Waals surface area contributed by atoms with E-state index in [4.69, 9.17) is 4.42 Å². The molecule has 0 unspecified atom stereocenters. The third-order valence-corrected chi connectivity index (χ3v) is 4.14. The van der Waals surface area contributed by atoms with Gasteiger partial charge in [-0.15, -0.1) is 0 Å². The Hall–Kier alpha value is -2.76. The highest BCUT2D eigenvalue weighted by molar-refractivity contribution is 6.04. The van der Waals surface area contributed by atoms with Crippen LogP contribution in [-0.4, -0.2) is 29.9 Å². The molecule has 1 aromatic heterocycles. The summed E-state index contributed by atoms with van der Waals surface area (Å²) in [6, 6.07) is 8.67. The molecule has 1 fully saturated rings. The largest absolute Gasteiger partial charge is 0.467 e. The number of hydrogen-bond donors (Lipinski definition) is 2. The summed E-state index contributed by atoms with van der Waals surface area (Å²) in [6.45, 7) is 3.72. The lowest BCUT2D eigenvalue weighted by atomic mass is 10.1. The molecule has 0 radical (unpaired) electrons. The Morgan fingerprint density at radius 3 is 2.67 bits per heavy atom. The lowest BCUT2D eigenvalue weighted by Crippen LogP contribution is -2.32. The first-order valence-corrected chi connectivity index (χ1v) is 8.11. The number of aryl methyl sites for hydroxylation is 1. The zero-order chi connectivity index (χ0) is 16.9. The number of hydrogen-bond acceptors (Lipinski definition) is 3. The van der Waals surface area contributed by atoms with Crippen molar-refractivity contribution < 1.29 is 14.0 Å². The maximum absolute atomic E-state index is 12.7. The highest BCUT2D eigenvalue weighted by Crippen LogP contribution is 2.23. The van der Waals surface area contributed by atoms with E-state index in [1.54, 1.807) is 24.5 Å². The summed E-state index contributed by atoms with van der Waals surface area (Å²) in [5.74, 6) is 0.640. The maximum atomic E-state index is 12.7. The molecule has 0 bridgehead atoms. The van der Waals surface area contributed by atoms with Crippen molar-refractivity contribution >= 4 is 17.6 Å². The fourth-order valence-corrected chi connectivity index (χ4v) is 2.84. The van der Waals surface area contributed by atoms with Crippen molar-refractivity contribution in [2.24, 2.45) is 0 Å². The average Bonchev–Trinajstić information content (AvgIpc) is 3.28. The maximum Gasteiger partial charge on any atom is 0.319 e. The molecule has 2 heterocycles. The first-order chi connectivity index (χ1) is 11.6. The molecule has 1 aliphatic rings. The van der Waals surface area contributed by atoms with Crippen LogP contribution in [0.15, 0.2) is 41.0 Å². The molecule has 2 aromatic rings. The van der Waals surface area contributed by atoms with Crippen molar-refractivity contribution in [2.75, 3.05) is 18.4 Å². The average molecular weight is 327 g/mol. The lowest BCUT2D eigenvalue weighted by Gasteiger charge is -2.19. The second-order valence-electron chi connectivity index (χ2n) is 5.88. The number of furan rings is 1. The standard InChI is InChI=1S/C18H21N3O3/c1-13-6-4-8-15(17(22)21-9-2-3-10-21)16(13)20-18(23)19-12-14-7-5-11-24-14/h4-8,11H,2-3,9-10,12H2,1H3,(H2,19,20,23). The number of rotatable bonds is 4. The van der Waals surface area contributed by atoms with Gasteiger partial charge in [0.2, 0.25) is 0 Å². The van der Waals surface area contributed by atoms with Crippen LogP contribution in [0.5, 0.6) is 0 Å². The van der Waals surface area contributed by atoms with E-state index >= 15 is 0 Å². The molecule has 24 heavy (non-hydrogen) atoms. The number of anilines is 1. The normalized spacial score (nSPS) is 13.8. The summed E-state index contributed by atoms with van der Waals surface area (Å²) < 4.78 is 5.18. The fourth-order valence-electron chi connectivity index (χ4n) is 2.84. The Morgan fingerprint density at radius 2 is 1.96 bits per heavy atom. The summed E-state index contributed by atoms with van der Waals surface area (Å²) in [4.78, 5) is 26.7. The summed E-state index contributed by atoms with van der Waals surface area (Å²) in [5.41, 5.74) is 1.95. The van der Waals surface area contributed by atoms with Crippen molar-refractivity contribution in [1.82, 2.24) is 10.2 Å². The minimum Gasteiger partial charge on any atom is -0.467 e. The Balaban J connectivity index is 1.71. The first kappa shape index (κ1) is 16.1. The van der Waals surface area contributed by atoms with Crippen LogP contribution in [-0.2, 0) is 6.54 Å². The van der Waals surface area contributed by atoms with Gasteiger partial charge in [-0.1, -0.05) is 12.1 Å². The minimum atomic E-state index is -0.365. The summed E-state index contributed by atoms with van der Waals surface area (Å²) >= 11 is 0. The van der Waals surface area contributed by atoms with Gasteiger partial charge in [0.15, 0.2) is 0 Å². The van der Waals surface area contributed by atoms with E-state index in [2.05, 4.69) is 10.6 Å². The number of urea groups is 1. The van der Waals surface area contributed by atoms with Gasteiger partial charge in [0.1, 0.15) is 5.76 Å². The Kier molecular flexibility index (Phi) is 4.84. The van der Waals surface area contributed by atoms with Gasteiger partial charge < -0.3 is 20.0 Å². The van der Waals surface area contributed by atoms with E-state index in [1.165, 1.54) is 0 Å². The van der Waals surface area contributed by atoms with Gasteiger partial charge in [-0.2, -0.15) is 0 Å². The first-order valence-electron chi connectivity index (χ1n) is 8.11. The molecule has 0 spiro atoms. The monoisotopic (exact) mass is 327 g/mol. The van der Waals surface area contributed by atoms with E-state index in [-0.39, 0.29) is 11.9 Å². The quantitative estimate of drug-likeness (QED) is 0.906. The van der Waals surface area contributed by atoms with Crippen LogP contribution in [0.25, 0.3) is 0 Å². The number of nitrogens with zero attached hydrogens (tertiary/aromatic N) is 1. The van der Waals surface area contributed by atoms with Crippen molar-refractivity contribution in [3.8, 4) is 0 Å². The predicted molar refractivity (Wildman–Crippen MR) is 90.9 cm³/mol. The van der Waals surface area contributed by atoms with Crippen LogP contribution in [0.4, 0.5) is 10.5 Å². The van der Waals surface area contributed by atoms with E-state index in [0.717, 1.165) is 31.5 Å². The van der Waals surface area contributed by atoms with E-state index in [9.17, 15) is 9.59 Å². The number of carbonyl (C=O) groups excluding carboxylic acids is 2. The molecule has 3 amide bonds. The third-order valence-electron chi connectivity index (χ3n) is 4.14. The van der Waals surface area contributed by atoms with Crippen LogP contribution in [0.2, 0.25) is 0 Å². The van der Waals surface area contributed by atoms with Crippen molar-refractivity contribution in [1.29, 1.82) is 0 Å². The number of carbonyl (C=O) groups is 2. The third kappa shape index (κ3) is 3.59. The van der Waals surface area contributed by atoms with Gasteiger partial charge in [0, 0.05) is 13.1 Å². The van der Waals surface area contributed by atoms with Crippen molar-refractivity contribution in [3.63, 3.8) is 0 Å². The number of benzene rings is 1. The molecule has 0 saturated carbocycles. The topological polar surface area (TPSA) is 74.6 Å². The summed E-state index contributed by atoms with van der Waals surface area (Å²) in [6.07, 6.45) is 3.62. The molecule has 3 rings (SSSR count). The van der Waals surface area contributed by atoms with Gasteiger partial charge in [0.05, 0.1) is 24.1 Å². The molecule has 1 aliphatic heterocycles. The highest BCUT2D eigenvalue weighted by Gasteiger charge is 2.23. The Morgan fingerprint density at radius 1 is 1.17 bits per heavy atom. The molecule has 0 aliphatic carbocycles. The smallest absolute Gasteiger partial charge is 0.319 e. The zero-order valence-electron chi connectivity index (χ0n) is 13.7. The lowest BCUT2D eigenvalue weighted by molar-refractivity contribution is 0.0794. The molecule has 126 valence electrons. The highest BCUT2D eigenvalue weighted by atomic mass is 16.3. The van der Waals surface area contributed by atoms with Gasteiger partial charge in [-0.3, -0.25) is 4.79 Å². The van der Waals surface area contributed by atoms with Crippen LogP contribution in [0.3, 0.4) is 0 Å². The molecule has 0 atom stereocenters. The minimum absolute atomic E-state index is 0.0301. The Bertz CT molecular complexity index is 719. The molecule has 1 saturated heterocycles. The Labute approximate surface area is 140 Å². The predicted octanol–water partition coefficient (Wildman–Crippen LogP) is 3.15. The van der Waals surface area contributed by atoms with Crippen LogP contribution >= 0.6 is 0 Å². The van der Waals surface area contributed by atoms with Crippen LogP contribution in [0, 0.1) is 6.92 Å². The molecule has 2 N–H and O–H groups in total. The summed E-state index contributed by atoms with van der Waals surface area (Å²) in [7, 11) is 0. The van der Waals surface area contributed by atoms with Gasteiger partial charge in [-0.25, -0.2) is 4.79 Å². The molecular weight excluding hydrogens is 306 g/mol. The van der Waals surface area contributed by atoms with Crippen molar-refractivity contribution in [2.45, 2.75) is 26.3 Å². The van der Waals surface area contributed by atoms with Crippen LogP contribution in [0.1, 0.15) is 34.5 Å². The van der Waals surface area contributed by atoms with Gasteiger partial charge >= 0.3 is 6.03 Å².